The average Bonchev–Trinajstić information content (AvgIpc) is 3.71. The van der Waals surface area contributed by atoms with Crippen LogP contribution >= 0.6 is 0 Å². The van der Waals surface area contributed by atoms with E-state index in [9.17, 15) is 9.59 Å². The first kappa shape index (κ1) is 24.0. The van der Waals surface area contributed by atoms with Crippen molar-refractivity contribution in [3.8, 4) is 11.5 Å². The zero-order chi connectivity index (χ0) is 25.9. The van der Waals surface area contributed by atoms with Crippen LogP contribution in [0.5, 0.6) is 11.5 Å². The molecule has 0 radical (unpaired) electrons. The molecule has 6 rings (SSSR count). The number of hydrogen-bond donors (Lipinski definition) is 1. The molecule has 1 saturated carbocycles. The highest BCUT2D eigenvalue weighted by molar-refractivity contribution is 5.89. The Morgan fingerprint density at radius 3 is 2.71 bits per heavy atom. The van der Waals surface area contributed by atoms with Gasteiger partial charge in [-0.15, -0.1) is 5.10 Å². The second kappa shape index (κ2) is 10.6. The summed E-state index contributed by atoms with van der Waals surface area (Å²) in [6.45, 7) is 0.226. The Balaban J connectivity index is 1.34. The summed E-state index contributed by atoms with van der Waals surface area (Å²) >= 11 is 0. The molecule has 0 saturated heterocycles. The molecule has 0 bridgehead atoms. The fourth-order valence-electron chi connectivity index (χ4n) is 5.21. The average molecular weight is 516 g/mol. The van der Waals surface area contributed by atoms with Gasteiger partial charge in [0.1, 0.15) is 17.8 Å². The van der Waals surface area contributed by atoms with E-state index < -0.39 is 6.04 Å². The SMILES string of the molecule is O=C(NC1CCCCC1)C(c1ccco1)N(Cc1ccc2c(c1)OCO2)C(=O)Cn1nnc2ccccc21. The van der Waals surface area contributed by atoms with E-state index in [-0.39, 0.29) is 37.7 Å². The van der Waals surface area contributed by atoms with Gasteiger partial charge in [-0.1, -0.05) is 42.7 Å². The van der Waals surface area contributed by atoms with E-state index in [1.54, 1.807) is 21.7 Å². The van der Waals surface area contributed by atoms with Gasteiger partial charge in [-0.25, -0.2) is 4.68 Å². The number of hydrogen-bond acceptors (Lipinski definition) is 7. The normalized spacial score (nSPS) is 15.9. The Kier molecular flexibility index (Phi) is 6.68. The Morgan fingerprint density at radius 2 is 1.87 bits per heavy atom. The highest BCUT2D eigenvalue weighted by Crippen LogP contribution is 2.34. The van der Waals surface area contributed by atoms with Crippen molar-refractivity contribution < 1.29 is 23.5 Å². The predicted molar refractivity (Wildman–Crippen MR) is 137 cm³/mol. The lowest BCUT2D eigenvalue weighted by Crippen LogP contribution is -2.47. The van der Waals surface area contributed by atoms with E-state index in [4.69, 9.17) is 13.9 Å². The zero-order valence-corrected chi connectivity index (χ0v) is 20.9. The van der Waals surface area contributed by atoms with Gasteiger partial charge in [-0.05, 0) is 54.8 Å². The standard InChI is InChI=1S/C28H29N5O5/c34-26(17-33-22-10-5-4-9-21(22)30-31-33)32(16-19-12-13-23-25(15-19)38-18-37-23)27(24-11-6-14-36-24)28(35)29-20-7-2-1-3-8-20/h4-6,9-15,20,27H,1-3,7-8,16-18H2,(H,29,35). The zero-order valence-electron chi connectivity index (χ0n) is 20.9. The third-order valence-electron chi connectivity index (χ3n) is 7.14. The summed E-state index contributed by atoms with van der Waals surface area (Å²) in [5.41, 5.74) is 2.23. The van der Waals surface area contributed by atoms with Crippen molar-refractivity contribution in [3.63, 3.8) is 0 Å². The van der Waals surface area contributed by atoms with E-state index in [1.165, 1.54) is 12.7 Å². The van der Waals surface area contributed by atoms with Gasteiger partial charge in [0.2, 0.25) is 12.7 Å². The molecule has 2 amide bonds. The number of benzene rings is 2. The van der Waals surface area contributed by atoms with Crippen LogP contribution in [-0.2, 0) is 22.7 Å². The lowest BCUT2D eigenvalue weighted by molar-refractivity contribution is -0.143. The van der Waals surface area contributed by atoms with E-state index in [0.29, 0.717) is 22.8 Å². The number of para-hydroxylation sites is 1. The van der Waals surface area contributed by atoms with Gasteiger partial charge >= 0.3 is 0 Å². The summed E-state index contributed by atoms with van der Waals surface area (Å²) in [5.74, 6) is 1.11. The molecule has 2 aromatic carbocycles. The highest BCUT2D eigenvalue weighted by Gasteiger charge is 2.35. The molecule has 1 unspecified atom stereocenters. The third-order valence-corrected chi connectivity index (χ3v) is 7.14. The molecule has 2 aliphatic rings. The van der Waals surface area contributed by atoms with Crippen molar-refractivity contribution in [2.75, 3.05) is 6.79 Å². The Bertz CT molecular complexity index is 1430. The number of furan rings is 1. The monoisotopic (exact) mass is 515 g/mol. The number of amides is 2. The Labute approximate surface area is 219 Å². The minimum atomic E-state index is -0.959. The first-order chi connectivity index (χ1) is 18.7. The minimum Gasteiger partial charge on any atom is -0.467 e. The van der Waals surface area contributed by atoms with Gasteiger partial charge in [-0.3, -0.25) is 9.59 Å². The molecule has 1 N–H and O–H groups in total. The van der Waals surface area contributed by atoms with Crippen LogP contribution in [0.15, 0.2) is 65.3 Å². The van der Waals surface area contributed by atoms with Crippen LogP contribution in [0, 0.1) is 0 Å². The second-order valence-electron chi connectivity index (χ2n) is 9.71. The lowest BCUT2D eigenvalue weighted by Gasteiger charge is -2.32. The number of carbonyl (C=O) groups excluding carboxylic acids is 2. The largest absolute Gasteiger partial charge is 0.467 e. The van der Waals surface area contributed by atoms with Gasteiger partial charge in [0.25, 0.3) is 5.91 Å². The van der Waals surface area contributed by atoms with Crippen molar-refractivity contribution in [1.29, 1.82) is 0 Å². The third kappa shape index (κ3) is 4.93. The van der Waals surface area contributed by atoms with Crippen LogP contribution < -0.4 is 14.8 Å². The summed E-state index contributed by atoms with van der Waals surface area (Å²) in [5, 5.41) is 11.6. The number of carbonyl (C=O) groups is 2. The topological polar surface area (TPSA) is 112 Å². The molecule has 10 nitrogen and oxygen atoms in total. The van der Waals surface area contributed by atoms with Crippen LogP contribution in [0.2, 0.25) is 0 Å². The number of nitrogens with one attached hydrogen (secondary N) is 1. The Hall–Kier alpha value is -4.34. The first-order valence-electron chi connectivity index (χ1n) is 13.0. The minimum absolute atomic E-state index is 0.0791. The molecule has 38 heavy (non-hydrogen) atoms. The molecule has 1 fully saturated rings. The number of nitrogens with zero attached hydrogens (tertiary/aromatic N) is 4. The van der Waals surface area contributed by atoms with Gasteiger partial charge in [0.15, 0.2) is 17.5 Å². The van der Waals surface area contributed by atoms with E-state index >= 15 is 0 Å². The van der Waals surface area contributed by atoms with Crippen molar-refractivity contribution in [1.82, 2.24) is 25.2 Å². The number of aromatic nitrogens is 3. The maximum absolute atomic E-state index is 14.0. The smallest absolute Gasteiger partial charge is 0.250 e. The van der Waals surface area contributed by atoms with Gasteiger partial charge in [0, 0.05) is 12.6 Å². The maximum Gasteiger partial charge on any atom is 0.250 e. The summed E-state index contributed by atoms with van der Waals surface area (Å²) in [4.78, 5) is 29.3. The summed E-state index contributed by atoms with van der Waals surface area (Å²) < 4.78 is 18.3. The maximum atomic E-state index is 14.0. The molecule has 1 atom stereocenters. The number of ether oxygens (including phenoxy) is 2. The van der Waals surface area contributed by atoms with Crippen molar-refractivity contribution in [2.24, 2.45) is 0 Å². The van der Waals surface area contributed by atoms with Crippen LogP contribution in [-0.4, -0.2) is 44.5 Å². The highest BCUT2D eigenvalue weighted by atomic mass is 16.7. The molecule has 0 spiro atoms. The number of rotatable bonds is 8. The molecule has 2 aromatic heterocycles. The molecular formula is C28H29N5O5. The molecule has 10 heteroatoms. The van der Waals surface area contributed by atoms with E-state index in [0.717, 1.165) is 36.8 Å². The fraction of sp³-hybridized carbons (Fsp3) is 0.357. The number of fused-ring (bicyclic) bond motifs is 2. The molecule has 3 heterocycles. The molecular weight excluding hydrogens is 486 g/mol. The van der Waals surface area contributed by atoms with Crippen molar-refractivity contribution >= 4 is 22.8 Å². The molecule has 4 aromatic rings. The predicted octanol–water partition coefficient (Wildman–Crippen LogP) is 3.97. The van der Waals surface area contributed by atoms with E-state index in [2.05, 4.69) is 15.6 Å². The molecule has 196 valence electrons. The molecule has 1 aliphatic heterocycles. The summed E-state index contributed by atoms with van der Waals surface area (Å²) in [6, 6.07) is 15.6. The van der Waals surface area contributed by atoms with Gasteiger partial charge in [-0.2, -0.15) is 0 Å². The van der Waals surface area contributed by atoms with Crippen molar-refractivity contribution in [2.45, 2.75) is 57.3 Å². The van der Waals surface area contributed by atoms with Crippen LogP contribution in [0.4, 0.5) is 0 Å². The van der Waals surface area contributed by atoms with E-state index in [1.807, 2.05) is 42.5 Å². The van der Waals surface area contributed by atoms with Crippen molar-refractivity contribution in [3.05, 3.63) is 72.2 Å². The first-order valence-corrected chi connectivity index (χ1v) is 13.0. The van der Waals surface area contributed by atoms with Crippen LogP contribution in [0.1, 0.15) is 49.5 Å². The van der Waals surface area contributed by atoms with Gasteiger partial charge in [0.05, 0.1) is 11.8 Å². The van der Waals surface area contributed by atoms with Gasteiger partial charge < -0.3 is 24.1 Å². The second-order valence-corrected chi connectivity index (χ2v) is 9.71. The fourth-order valence-corrected chi connectivity index (χ4v) is 5.21. The quantitative estimate of drug-likeness (QED) is 0.378. The lowest BCUT2D eigenvalue weighted by atomic mass is 9.95. The summed E-state index contributed by atoms with van der Waals surface area (Å²) in [7, 11) is 0. The summed E-state index contributed by atoms with van der Waals surface area (Å²) in [6.07, 6.45) is 6.71. The van der Waals surface area contributed by atoms with Crippen LogP contribution in [0.25, 0.3) is 11.0 Å². The van der Waals surface area contributed by atoms with Crippen LogP contribution in [0.3, 0.4) is 0 Å². The Morgan fingerprint density at radius 1 is 1.03 bits per heavy atom. The molecule has 1 aliphatic carbocycles.